The van der Waals surface area contributed by atoms with Crippen molar-refractivity contribution in [2.24, 2.45) is 11.7 Å². The van der Waals surface area contributed by atoms with Crippen molar-refractivity contribution in [3.8, 4) is 0 Å². The lowest BCUT2D eigenvalue weighted by Crippen LogP contribution is -2.51. The maximum absolute atomic E-state index is 5.85. The minimum Gasteiger partial charge on any atom is -0.383 e. The van der Waals surface area contributed by atoms with Gasteiger partial charge in [0.1, 0.15) is 0 Å². The zero-order valence-electron chi connectivity index (χ0n) is 10.3. The van der Waals surface area contributed by atoms with E-state index in [1.165, 1.54) is 0 Å². The molecule has 0 aromatic rings. The fourth-order valence-electron chi connectivity index (χ4n) is 1.77. The zero-order valence-corrected chi connectivity index (χ0v) is 10.3. The standard InChI is InChI=1S/C11H26N2O/c1-10(2)8-11(3,9-12)13(4)6-7-14-5/h10H,6-9,12H2,1-5H3. The van der Waals surface area contributed by atoms with Crippen LogP contribution in [0.5, 0.6) is 0 Å². The van der Waals surface area contributed by atoms with Gasteiger partial charge in [-0.05, 0) is 26.3 Å². The first-order valence-corrected chi connectivity index (χ1v) is 5.36. The van der Waals surface area contributed by atoms with E-state index in [2.05, 4.69) is 32.7 Å². The molecule has 0 bridgehead atoms. The maximum Gasteiger partial charge on any atom is 0.0589 e. The smallest absolute Gasteiger partial charge is 0.0589 e. The van der Waals surface area contributed by atoms with Crippen LogP contribution < -0.4 is 5.73 Å². The van der Waals surface area contributed by atoms with Crippen LogP contribution in [-0.4, -0.2) is 44.3 Å². The maximum atomic E-state index is 5.85. The Hall–Kier alpha value is -0.120. The van der Waals surface area contributed by atoms with E-state index in [1.807, 2.05) is 0 Å². The first-order valence-electron chi connectivity index (χ1n) is 5.36. The Kier molecular flexibility index (Phi) is 6.33. The van der Waals surface area contributed by atoms with Gasteiger partial charge in [0.15, 0.2) is 0 Å². The Bertz CT molecular complexity index is 150. The fraction of sp³-hybridized carbons (Fsp3) is 1.00. The lowest BCUT2D eigenvalue weighted by atomic mass is 9.89. The third-order valence-electron chi connectivity index (χ3n) is 2.84. The van der Waals surface area contributed by atoms with Crippen molar-refractivity contribution in [3.05, 3.63) is 0 Å². The molecule has 0 fully saturated rings. The average Bonchev–Trinajstić information content (AvgIpc) is 2.12. The van der Waals surface area contributed by atoms with Gasteiger partial charge in [0, 0.05) is 25.7 Å². The van der Waals surface area contributed by atoms with Crippen LogP contribution in [0.4, 0.5) is 0 Å². The molecule has 0 aliphatic heterocycles. The van der Waals surface area contributed by atoms with Crippen LogP contribution in [0.2, 0.25) is 0 Å². The predicted molar refractivity (Wildman–Crippen MR) is 61.4 cm³/mol. The number of rotatable bonds is 7. The minimum absolute atomic E-state index is 0.104. The van der Waals surface area contributed by atoms with Crippen molar-refractivity contribution in [1.82, 2.24) is 4.90 Å². The SMILES string of the molecule is COCCN(C)C(C)(CN)CC(C)C. The highest BCUT2D eigenvalue weighted by atomic mass is 16.5. The second kappa shape index (κ2) is 6.38. The summed E-state index contributed by atoms with van der Waals surface area (Å²) in [5.41, 5.74) is 5.95. The highest BCUT2D eigenvalue weighted by Gasteiger charge is 2.28. The molecule has 1 atom stereocenters. The average molecular weight is 202 g/mol. The van der Waals surface area contributed by atoms with Crippen LogP contribution in [0.15, 0.2) is 0 Å². The molecule has 0 spiro atoms. The van der Waals surface area contributed by atoms with E-state index in [0.717, 1.165) is 19.6 Å². The van der Waals surface area contributed by atoms with Crippen LogP contribution in [-0.2, 0) is 4.74 Å². The number of methoxy groups -OCH3 is 1. The first kappa shape index (κ1) is 13.9. The van der Waals surface area contributed by atoms with Crippen LogP contribution in [0.3, 0.4) is 0 Å². The normalized spacial score (nSPS) is 16.3. The number of hydrogen-bond donors (Lipinski definition) is 1. The second-order valence-electron chi connectivity index (χ2n) is 4.71. The van der Waals surface area contributed by atoms with E-state index in [0.29, 0.717) is 12.5 Å². The predicted octanol–water partition coefficient (Wildman–Crippen LogP) is 1.33. The molecule has 0 radical (unpaired) electrons. The molecular weight excluding hydrogens is 176 g/mol. The van der Waals surface area contributed by atoms with Gasteiger partial charge in [-0.3, -0.25) is 4.90 Å². The molecule has 0 amide bonds. The molecular formula is C11H26N2O. The first-order chi connectivity index (χ1) is 6.46. The molecule has 3 heteroatoms. The number of nitrogens with two attached hydrogens (primary N) is 1. The third kappa shape index (κ3) is 4.40. The molecule has 0 aliphatic carbocycles. The van der Waals surface area contributed by atoms with E-state index in [-0.39, 0.29) is 5.54 Å². The Labute approximate surface area is 88.6 Å². The molecule has 2 N–H and O–H groups in total. The van der Waals surface area contributed by atoms with E-state index < -0.39 is 0 Å². The van der Waals surface area contributed by atoms with Gasteiger partial charge in [-0.1, -0.05) is 13.8 Å². The Morgan fingerprint density at radius 1 is 1.43 bits per heavy atom. The van der Waals surface area contributed by atoms with Crippen molar-refractivity contribution < 1.29 is 4.74 Å². The Balaban J connectivity index is 4.19. The van der Waals surface area contributed by atoms with Gasteiger partial charge in [-0.15, -0.1) is 0 Å². The number of likely N-dealkylation sites (N-methyl/N-ethyl adjacent to an activating group) is 1. The molecule has 86 valence electrons. The van der Waals surface area contributed by atoms with Crippen molar-refractivity contribution >= 4 is 0 Å². The van der Waals surface area contributed by atoms with Gasteiger partial charge in [-0.25, -0.2) is 0 Å². The van der Waals surface area contributed by atoms with Gasteiger partial charge in [0.25, 0.3) is 0 Å². The van der Waals surface area contributed by atoms with Crippen LogP contribution >= 0.6 is 0 Å². The topological polar surface area (TPSA) is 38.5 Å². The van der Waals surface area contributed by atoms with E-state index in [9.17, 15) is 0 Å². The fourth-order valence-corrected chi connectivity index (χ4v) is 1.77. The van der Waals surface area contributed by atoms with E-state index >= 15 is 0 Å². The highest BCUT2D eigenvalue weighted by molar-refractivity contribution is 4.86. The van der Waals surface area contributed by atoms with E-state index in [1.54, 1.807) is 7.11 Å². The van der Waals surface area contributed by atoms with Gasteiger partial charge in [0.2, 0.25) is 0 Å². The summed E-state index contributed by atoms with van der Waals surface area (Å²) in [6.07, 6.45) is 1.13. The van der Waals surface area contributed by atoms with Crippen molar-refractivity contribution in [1.29, 1.82) is 0 Å². The van der Waals surface area contributed by atoms with Crippen LogP contribution in [0.25, 0.3) is 0 Å². The molecule has 1 unspecified atom stereocenters. The summed E-state index contributed by atoms with van der Waals surface area (Å²) in [7, 11) is 3.85. The number of ether oxygens (including phenoxy) is 1. The Morgan fingerprint density at radius 3 is 2.36 bits per heavy atom. The molecule has 0 saturated carbocycles. The van der Waals surface area contributed by atoms with Crippen LogP contribution in [0, 0.1) is 5.92 Å². The lowest BCUT2D eigenvalue weighted by Gasteiger charge is -2.39. The largest absolute Gasteiger partial charge is 0.383 e. The highest BCUT2D eigenvalue weighted by Crippen LogP contribution is 2.21. The molecule has 0 aromatic heterocycles. The minimum atomic E-state index is 0.104. The number of nitrogens with zero attached hydrogens (tertiary/aromatic N) is 1. The van der Waals surface area contributed by atoms with Crippen molar-refractivity contribution in [2.75, 3.05) is 33.9 Å². The van der Waals surface area contributed by atoms with Crippen molar-refractivity contribution in [3.63, 3.8) is 0 Å². The summed E-state index contributed by atoms with van der Waals surface area (Å²) < 4.78 is 5.07. The molecule has 0 rings (SSSR count). The lowest BCUT2D eigenvalue weighted by molar-refractivity contribution is 0.0800. The van der Waals surface area contributed by atoms with Crippen molar-refractivity contribution in [2.45, 2.75) is 32.7 Å². The summed E-state index contributed by atoms with van der Waals surface area (Å²) in [4.78, 5) is 2.30. The van der Waals surface area contributed by atoms with Gasteiger partial charge in [0.05, 0.1) is 6.61 Å². The van der Waals surface area contributed by atoms with Gasteiger partial charge < -0.3 is 10.5 Å². The summed E-state index contributed by atoms with van der Waals surface area (Å²) >= 11 is 0. The second-order valence-corrected chi connectivity index (χ2v) is 4.71. The van der Waals surface area contributed by atoms with E-state index in [4.69, 9.17) is 10.5 Å². The Morgan fingerprint density at radius 2 is 2.00 bits per heavy atom. The molecule has 14 heavy (non-hydrogen) atoms. The quantitative estimate of drug-likeness (QED) is 0.677. The zero-order chi connectivity index (χ0) is 11.2. The number of hydrogen-bond acceptors (Lipinski definition) is 3. The molecule has 0 heterocycles. The summed E-state index contributed by atoms with van der Waals surface area (Å²) in [6.45, 7) is 9.10. The molecule has 0 aromatic carbocycles. The molecule has 3 nitrogen and oxygen atoms in total. The summed E-state index contributed by atoms with van der Waals surface area (Å²) in [5, 5.41) is 0. The summed E-state index contributed by atoms with van der Waals surface area (Å²) in [6, 6.07) is 0. The monoisotopic (exact) mass is 202 g/mol. The van der Waals surface area contributed by atoms with Gasteiger partial charge >= 0.3 is 0 Å². The third-order valence-corrected chi connectivity index (χ3v) is 2.84. The molecule has 0 saturated heterocycles. The summed E-state index contributed by atoms with van der Waals surface area (Å²) in [5.74, 6) is 0.675. The van der Waals surface area contributed by atoms with Gasteiger partial charge in [-0.2, -0.15) is 0 Å². The molecule has 0 aliphatic rings. The van der Waals surface area contributed by atoms with Crippen LogP contribution in [0.1, 0.15) is 27.2 Å².